The van der Waals surface area contributed by atoms with Crippen LogP contribution in [-0.4, -0.2) is 37.1 Å². The lowest BCUT2D eigenvalue weighted by atomic mass is 9.88. The fourth-order valence-electron chi connectivity index (χ4n) is 3.24. The highest BCUT2D eigenvalue weighted by atomic mass is 32.2. The summed E-state index contributed by atoms with van der Waals surface area (Å²) in [5.41, 5.74) is 0.209. The maximum Gasteiger partial charge on any atom is 0.258 e. The summed E-state index contributed by atoms with van der Waals surface area (Å²) in [6, 6.07) is 9.14. The second-order valence-electron chi connectivity index (χ2n) is 7.11. The van der Waals surface area contributed by atoms with Crippen LogP contribution < -0.4 is 10.1 Å². The van der Waals surface area contributed by atoms with E-state index < -0.39 is 15.7 Å². The highest BCUT2D eigenvalue weighted by molar-refractivity contribution is 7.93. The third kappa shape index (κ3) is 6.39. The van der Waals surface area contributed by atoms with Gasteiger partial charge < -0.3 is 10.1 Å². The topological polar surface area (TPSA) is 98.2 Å². The number of aromatic nitrogens is 2. The molecule has 29 heavy (non-hydrogen) atoms. The Morgan fingerprint density at radius 3 is 2.62 bits per heavy atom. The van der Waals surface area contributed by atoms with Crippen LogP contribution in [-0.2, 0) is 9.84 Å². The lowest BCUT2D eigenvalue weighted by Crippen LogP contribution is -2.25. The molecule has 0 atom stereocenters. The van der Waals surface area contributed by atoms with E-state index in [1.54, 1.807) is 12.1 Å². The van der Waals surface area contributed by atoms with Gasteiger partial charge in [-0.15, -0.1) is 0 Å². The molecule has 7 nitrogen and oxygen atoms in total. The summed E-state index contributed by atoms with van der Waals surface area (Å²) in [7, 11) is -3.23. The number of carbonyl (C=O) groups excluding carboxylic acids is 1. The van der Waals surface area contributed by atoms with Gasteiger partial charge in [-0.2, -0.15) is 4.98 Å². The Hall–Kier alpha value is -2.74. The largest absolute Gasteiger partial charge is 0.438 e. The summed E-state index contributed by atoms with van der Waals surface area (Å²) in [4.78, 5) is 21.6. The number of para-hydroxylation sites is 1. The average molecular weight is 416 g/mol. The van der Waals surface area contributed by atoms with Crippen molar-refractivity contribution >= 4 is 15.7 Å². The van der Waals surface area contributed by atoms with E-state index in [1.807, 2.05) is 18.2 Å². The summed E-state index contributed by atoms with van der Waals surface area (Å²) in [6.07, 6.45) is 9.56. The molecular formula is C21H25N3O4S. The van der Waals surface area contributed by atoms with Crippen molar-refractivity contribution in [3.63, 3.8) is 0 Å². The Kier molecular flexibility index (Phi) is 6.98. The fourth-order valence-corrected chi connectivity index (χ4v) is 3.69. The van der Waals surface area contributed by atoms with E-state index in [-0.39, 0.29) is 23.9 Å². The molecule has 1 saturated carbocycles. The number of sulfone groups is 1. The van der Waals surface area contributed by atoms with Crippen LogP contribution in [0.25, 0.3) is 0 Å². The molecule has 1 aliphatic carbocycles. The molecule has 1 N–H and O–H groups in total. The van der Waals surface area contributed by atoms with E-state index in [0.717, 1.165) is 37.3 Å². The van der Waals surface area contributed by atoms with E-state index in [2.05, 4.69) is 15.3 Å². The molecule has 1 aromatic carbocycles. The number of carbonyl (C=O) groups is 1. The van der Waals surface area contributed by atoms with Crippen LogP contribution >= 0.6 is 0 Å². The first-order valence-electron chi connectivity index (χ1n) is 9.67. The third-order valence-electron chi connectivity index (χ3n) is 4.67. The number of nitrogens with one attached hydrogen (secondary N) is 1. The standard InChI is InChI=1S/C21H25N3O4S/c1-29(26,27)14-8-13-22-20(25)18-15-23-19(16-9-4-2-5-10-16)24-21(18)28-17-11-6-3-7-12-17/h3,6-8,11-12,14-16H,2,4-5,9-10,13H2,1H3,(H,22,25)/b14-8+. The van der Waals surface area contributed by atoms with Crippen molar-refractivity contribution in [1.29, 1.82) is 0 Å². The van der Waals surface area contributed by atoms with E-state index in [0.29, 0.717) is 11.6 Å². The third-order valence-corrected chi connectivity index (χ3v) is 5.36. The minimum absolute atomic E-state index is 0.0705. The zero-order chi connectivity index (χ0) is 20.7. The van der Waals surface area contributed by atoms with Gasteiger partial charge in [0, 0.05) is 30.3 Å². The normalized spacial score (nSPS) is 15.3. The predicted molar refractivity (Wildman–Crippen MR) is 111 cm³/mol. The maximum absolute atomic E-state index is 12.6. The molecule has 1 amide bonds. The van der Waals surface area contributed by atoms with Crippen molar-refractivity contribution in [2.24, 2.45) is 0 Å². The molecule has 1 aliphatic rings. The molecule has 2 aromatic rings. The van der Waals surface area contributed by atoms with Gasteiger partial charge in [0.15, 0.2) is 9.84 Å². The van der Waals surface area contributed by atoms with Crippen LogP contribution in [0, 0.1) is 0 Å². The number of hydrogen-bond acceptors (Lipinski definition) is 6. The minimum atomic E-state index is -3.23. The molecule has 0 radical (unpaired) electrons. The van der Waals surface area contributed by atoms with Crippen LogP contribution in [0.3, 0.4) is 0 Å². The first-order chi connectivity index (χ1) is 13.9. The van der Waals surface area contributed by atoms with E-state index in [9.17, 15) is 13.2 Å². The van der Waals surface area contributed by atoms with Crippen LogP contribution in [0.4, 0.5) is 0 Å². The Morgan fingerprint density at radius 1 is 1.21 bits per heavy atom. The van der Waals surface area contributed by atoms with Crippen LogP contribution in [0.15, 0.2) is 48.0 Å². The summed E-state index contributed by atoms with van der Waals surface area (Å²) in [5, 5.41) is 3.70. The van der Waals surface area contributed by atoms with Gasteiger partial charge in [-0.1, -0.05) is 43.5 Å². The van der Waals surface area contributed by atoms with Crippen molar-refractivity contribution in [1.82, 2.24) is 15.3 Å². The molecule has 0 saturated heterocycles. The summed E-state index contributed by atoms with van der Waals surface area (Å²) < 4.78 is 28.2. The summed E-state index contributed by atoms with van der Waals surface area (Å²) in [6.45, 7) is 0.0705. The number of ether oxygens (including phenoxy) is 1. The number of rotatable bonds is 7. The molecule has 0 spiro atoms. The first-order valence-corrected chi connectivity index (χ1v) is 11.6. The number of hydrogen-bond donors (Lipinski definition) is 1. The van der Waals surface area contributed by atoms with Crippen molar-refractivity contribution in [3.05, 3.63) is 59.4 Å². The van der Waals surface area contributed by atoms with E-state index >= 15 is 0 Å². The Labute approximate surface area is 171 Å². The molecule has 1 heterocycles. The molecule has 154 valence electrons. The quantitative estimate of drug-likeness (QED) is 0.742. The average Bonchev–Trinajstić information content (AvgIpc) is 2.72. The van der Waals surface area contributed by atoms with Gasteiger partial charge in [-0.05, 0) is 25.0 Å². The van der Waals surface area contributed by atoms with E-state index in [1.165, 1.54) is 18.7 Å². The molecule has 3 rings (SSSR count). The smallest absolute Gasteiger partial charge is 0.258 e. The zero-order valence-corrected chi connectivity index (χ0v) is 17.2. The van der Waals surface area contributed by atoms with Crippen molar-refractivity contribution in [2.45, 2.75) is 38.0 Å². The minimum Gasteiger partial charge on any atom is -0.438 e. The SMILES string of the molecule is CS(=O)(=O)/C=C/CNC(=O)c1cnc(C2CCCCC2)nc1Oc1ccccc1. The zero-order valence-electron chi connectivity index (χ0n) is 16.4. The summed E-state index contributed by atoms with van der Waals surface area (Å²) >= 11 is 0. The maximum atomic E-state index is 12.6. The van der Waals surface area contributed by atoms with Crippen LogP contribution in [0.5, 0.6) is 11.6 Å². The van der Waals surface area contributed by atoms with E-state index in [4.69, 9.17) is 4.74 Å². The number of amides is 1. The van der Waals surface area contributed by atoms with Gasteiger partial charge in [0.1, 0.15) is 17.1 Å². The van der Waals surface area contributed by atoms with Crippen molar-refractivity contribution in [3.8, 4) is 11.6 Å². The highest BCUT2D eigenvalue weighted by Gasteiger charge is 2.22. The predicted octanol–water partition coefficient (Wildman–Crippen LogP) is 3.60. The fraction of sp³-hybridized carbons (Fsp3) is 0.381. The van der Waals surface area contributed by atoms with Crippen LogP contribution in [0.1, 0.15) is 54.2 Å². The molecule has 0 unspecified atom stereocenters. The first kappa shape index (κ1) is 21.0. The lowest BCUT2D eigenvalue weighted by Gasteiger charge is -2.21. The van der Waals surface area contributed by atoms with Gasteiger partial charge in [0.2, 0.25) is 5.88 Å². The molecular weight excluding hydrogens is 390 g/mol. The molecule has 1 fully saturated rings. The second-order valence-corrected chi connectivity index (χ2v) is 9.04. The number of nitrogens with zero attached hydrogens (tertiary/aromatic N) is 2. The van der Waals surface area contributed by atoms with Crippen LogP contribution in [0.2, 0.25) is 0 Å². The second kappa shape index (κ2) is 9.65. The Balaban J connectivity index is 1.82. The van der Waals surface area contributed by atoms with Gasteiger partial charge in [-0.25, -0.2) is 13.4 Å². The lowest BCUT2D eigenvalue weighted by molar-refractivity contribution is 0.0954. The van der Waals surface area contributed by atoms with Gasteiger partial charge in [0.05, 0.1) is 0 Å². The monoisotopic (exact) mass is 415 g/mol. The Morgan fingerprint density at radius 2 is 1.93 bits per heavy atom. The van der Waals surface area contributed by atoms with Gasteiger partial charge in [-0.3, -0.25) is 4.79 Å². The molecule has 0 bridgehead atoms. The van der Waals surface area contributed by atoms with Crippen molar-refractivity contribution in [2.75, 3.05) is 12.8 Å². The highest BCUT2D eigenvalue weighted by Crippen LogP contribution is 2.32. The van der Waals surface area contributed by atoms with Crippen molar-refractivity contribution < 1.29 is 17.9 Å². The summed E-state index contributed by atoms with van der Waals surface area (Å²) in [5.74, 6) is 1.33. The van der Waals surface area contributed by atoms with Gasteiger partial charge in [0.25, 0.3) is 5.91 Å². The molecule has 8 heteroatoms. The Bertz CT molecular complexity index is 969. The molecule has 1 aromatic heterocycles. The molecule has 0 aliphatic heterocycles. The van der Waals surface area contributed by atoms with Gasteiger partial charge >= 0.3 is 0 Å². The number of benzene rings is 1.